The van der Waals surface area contributed by atoms with Crippen LogP contribution in [0.1, 0.15) is 19.4 Å². The number of ether oxygens (including phenoxy) is 3. The number of hydrogen-bond donors (Lipinski definition) is 1. The van der Waals surface area contributed by atoms with Gasteiger partial charge in [-0.05, 0) is 37.1 Å². The third kappa shape index (κ3) is 5.06. The molecule has 0 amide bonds. The molecule has 114 valence electrons. The molecule has 1 atom stereocenters. The van der Waals surface area contributed by atoms with E-state index in [1.165, 1.54) is 7.11 Å². The van der Waals surface area contributed by atoms with Crippen LogP contribution < -0.4 is 9.47 Å². The van der Waals surface area contributed by atoms with Gasteiger partial charge in [0.25, 0.3) is 0 Å². The second-order valence-corrected chi connectivity index (χ2v) is 4.66. The van der Waals surface area contributed by atoms with Gasteiger partial charge in [0.05, 0.1) is 13.7 Å². The zero-order chi connectivity index (χ0) is 16.0. The van der Waals surface area contributed by atoms with Crippen molar-refractivity contribution in [1.82, 2.24) is 0 Å². The molecule has 0 saturated carbocycles. The Morgan fingerprint density at radius 1 is 1.29 bits per heavy atom. The fraction of sp³-hybridized carbons (Fsp3) is 0.312. The lowest BCUT2D eigenvalue weighted by Crippen LogP contribution is -2.12. The highest BCUT2D eigenvalue weighted by atomic mass is 16.6. The molecule has 0 saturated heterocycles. The van der Waals surface area contributed by atoms with Crippen molar-refractivity contribution in [2.45, 2.75) is 26.7 Å². The summed E-state index contributed by atoms with van der Waals surface area (Å²) < 4.78 is 15.6. The first-order chi connectivity index (χ1) is 9.85. The Kier molecular flexibility index (Phi) is 6.14. The smallest absolute Gasteiger partial charge is 0.338 e. The number of carbonyl (C=O) groups excluding carboxylic acids is 1. The molecule has 0 aliphatic rings. The topological polar surface area (TPSA) is 65.0 Å². The molecule has 1 aromatic rings. The summed E-state index contributed by atoms with van der Waals surface area (Å²) in [5.74, 6) is 0.181. The highest BCUT2D eigenvalue weighted by Gasteiger charge is 2.12. The van der Waals surface area contributed by atoms with Crippen LogP contribution in [0, 0.1) is 0 Å². The summed E-state index contributed by atoms with van der Waals surface area (Å²) in [6, 6.07) is 4.99. The van der Waals surface area contributed by atoms with Crippen LogP contribution in [0.3, 0.4) is 0 Å². The second kappa shape index (κ2) is 7.61. The van der Waals surface area contributed by atoms with Crippen LogP contribution in [0.25, 0.3) is 0 Å². The molecule has 0 aliphatic carbocycles. The van der Waals surface area contributed by atoms with Crippen molar-refractivity contribution in [3.63, 3.8) is 0 Å². The molecule has 5 nitrogen and oxygen atoms in total. The van der Waals surface area contributed by atoms with Gasteiger partial charge in [0.2, 0.25) is 0 Å². The maximum Gasteiger partial charge on any atom is 0.338 e. The summed E-state index contributed by atoms with van der Waals surface area (Å²) in [6.07, 6.45) is -1.02. The van der Waals surface area contributed by atoms with Crippen molar-refractivity contribution in [2.75, 3.05) is 7.11 Å². The van der Waals surface area contributed by atoms with Crippen molar-refractivity contribution in [1.29, 1.82) is 0 Å². The molecule has 0 aliphatic heterocycles. The van der Waals surface area contributed by atoms with E-state index in [-0.39, 0.29) is 6.61 Å². The predicted molar refractivity (Wildman–Crippen MR) is 79.1 cm³/mol. The van der Waals surface area contributed by atoms with Crippen LogP contribution in [-0.2, 0) is 16.1 Å². The van der Waals surface area contributed by atoms with Gasteiger partial charge >= 0.3 is 5.97 Å². The van der Waals surface area contributed by atoms with E-state index in [0.29, 0.717) is 22.6 Å². The number of benzene rings is 1. The molecule has 0 fully saturated rings. The minimum atomic E-state index is -1.02. The monoisotopic (exact) mass is 292 g/mol. The molecule has 1 N–H and O–H groups in total. The minimum absolute atomic E-state index is 0.180. The molecule has 0 radical (unpaired) electrons. The molecule has 0 aromatic heterocycles. The minimum Gasteiger partial charge on any atom is -0.493 e. The molecule has 1 unspecified atom stereocenters. The SMILES string of the molecule is C=C(C)C(=O)Oc1ccc(COC(O)C(=C)C)cc1OC. The van der Waals surface area contributed by atoms with Crippen molar-refractivity contribution in [3.05, 3.63) is 48.1 Å². The van der Waals surface area contributed by atoms with E-state index in [1.807, 2.05) is 0 Å². The summed E-state index contributed by atoms with van der Waals surface area (Å²) >= 11 is 0. The van der Waals surface area contributed by atoms with Gasteiger partial charge in [-0.25, -0.2) is 4.79 Å². The van der Waals surface area contributed by atoms with Crippen molar-refractivity contribution in [3.8, 4) is 11.5 Å². The first kappa shape index (κ1) is 16.9. The summed E-state index contributed by atoms with van der Waals surface area (Å²) in [5, 5.41) is 9.52. The van der Waals surface area contributed by atoms with Crippen LogP contribution in [0.15, 0.2) is 42.5 Å². The van der Waals surface area contributed by atoms with Crippen LogP contribution >= 0.6 is 0 Å². The quantitative estimate of drug-likeness (QED) is 0.275. The summed E-state index contributed by atoms with van der Waals surface area (Å²) in [4.78, 5) is 11.5. The van der Waals surface area contributed by atoms with E-state index in [0.717, 1.165) is 5.56 Å². The van der Waals surface area contributed by atoms with Gasteiger partial charge in [-0.3, -0.25) is 0 Å². The third-order valence-electron chi connectivity index (χ3n) is 2.61. The zero-order valence-electron chi connectivity index (χ0n) is 12.5. The molecule has 21 heavy (non-hydrogen) atoms. The van der Waals surface area contributed by atoms with Crippen molar-refractivity contribution in [2.24, 2.45) is 0 Å². The van der Waals surface area contributed by atoms with Crippen LogP contribution in [0.2, 0.25) is 0 Å². The number of rotatable bonds is 7. The highest BCUT2D eigenvalue weighted by molar-refractivity contribution is 5.89. The van der Waals surface area contributed by atoms with E-state index in [2.05, 4.69) is 13.2 Å². The number of aliphatic hydroxyl groups excluding tert-OH is 1. The van der Waals surface area contributed by atoms with Crippen LogP contribution in [-0.4, -0.2) is 24.5 Å². The lowest BCUT2D eigenvalue weighted by molar-refractivity contribution is -0.130. The Hall–Kier alpha value is -2.11. The van der Waals surface area contributed by atoms with E-state index in [4.69, 9.17) is 14.2 Å². The van der Waals surface area contributed by atoms with Gasteiger partial charge in [0.15, 0.2) is 17.8 Å². The molecule has 5 heteroatoms. The van der Waals surface area contributed by atoms with Gasteiger partial charge in [-0.2, -0.15) is 0 Å². The van der Waals surface area contributed by atoms with E-state index in [1.54, 1.807) is 32.0 Å². The molecule has 1 aromatic carbocycles. The van der Waals surface area contributed by atoms with E-state index in [9.17, 15) is 9.90 Å². The Bertz CT molecular complexity index is 548. The highest BCUT2D eigenvalue weighted by Crippen LogP contribution is 2.29. The van der Waals surface area contributed by atoms with Gasteiger partial charge in [-0.1, -0.05) is 19.2 Å². The van der Waals surface area contributed by atoms with Gasteiger partial charge in [0, 0.05) is 5.57 Å². The number of carbonyl (C=O) groups is 1. The average molecular weight is 292 g/mol. The number of aliphatic hydroxyl groups is 1. The Labute approximate surface area is 124 Å². The average Bonchev–Trinajstić information content (AvgIpc) is 2.45. The fourth-order valence-corrected chi connectivity index (χ4v) is 1.39. The number of methoxy groups -OCH3 is 1. The van der Waals surface area contributed by atoms with Gasteiger partial charge in [-0.15, -0.1) is 0 Å². The van der Waals surface area contributed by atoms with E-state index >= 15 is 0 Å². The molecule has 0 heterocycles. The first-order valence-electron chi connectivity index (χ1n) is 6.34. The summed E-state index contributed by atoms with van der Waals surface area (Å²) in [5.41, 5.74) is 1.59. The number of hydrogen-bond acceptors (Lipinski definition) is 5. The van der Waals surface area contributed by atoms with Crippen LogP contribution in [0.5, 0.6) is 11.5 Å². The number of esters is 1. The Morgan fingerprint density at radius 3 is 2.48 bits per heavy atom. The summed E-state index contributed by atoms with van der Waals surface area (Å²) in [6.45, 7) is 10.5. The van der Waals surface area contributed by atoms with Gasteiger partial charge < -0.3 is 19.3 Å². The predicted octanol–water partition coefficient (Wildman–Crippen LogP) is 2.59. The third-order valence-corrected chi connectivity index (χ3v) is 2.61. The Morgan fingerprint density at radius 2 is 1.95 bits per heavy atom. The van der Waals surface area contributed by atoms with Gasteiger partial charge in [0.1, 0.15) is 0 Å². The zero-order valence-corrected chi connectivity index (χ0v) is 12.5. The fourth-order valence-electron chi connectivity index (χ4n) is 1.39. The van der Waals surface area contributed by atoms with Crippen molar-refractivity contribution < 1.29 is 24.1 Å². The standard InChI is InChI=1S/C16H20O5/c1-10(2)15(17)20-9-12-6-7-13(14(8-12)19-5)21-16(18)11(3)4/h6-8,15,17H,1,3,9H2,2,4-5H3. The second-order valence-electron chi connectivity index (χ2n) is 4.66. The molecule has 0 bridgehead atoms. The maximum absolute atomic E-state index is 11.5. The molecule has 1 rings (SSSR count). The Balaban J connectivity index is 2.81. The molecule has 0 spiro atoms. The molecular weight excluding hydrogens is 272 g/mol. The maximum atomic E-state index is 11.5. The lowest BCUT2D eigenvalue weighted by atomic mass is 10.2. The molecular formula is C16H20O5. The largest absolute Gasteiger partial charge is 0.493 e. The lowest BCUT2D eigenvalue weighted by Gasteiger charge is -2.13. The normalized spacial score (nSPS) is 11.6. The van der Waals surface area contributed by atoms with Crippen molar-refractivity contribution >= 4 is 5.97 Å². The van der Waals surface area contributed by atoms with E-state index < -0.39 is 12.3 Å². The summed E-state index contributed by atoms with van der Waals surface area (Å²) in [7, 11) is 1.47. The van der Waals surface area contributed by atoms with Crippen LogP contribution in [0.4, 0.5) is 0 Å². The first-order valence-corrected chi connectivity index (χ1v) is 6.34.